The lowest BCUT2D eigenvalue weighted by atomic mass is 10.4. The molecule has 0 aliphatic heterocycles. The standard InChI is InChI=1S/C20H42O9Si4/c1-17(2)19(21)23-13-15-25-30(5,6)27-32(9,10)29-33(11,12)28-31(7,8)26-16-14-24-20(22)18(3)4/h1,3,13-16H2,2,4-12H3. The Morgan fingerprint density at radius 1 is 0.545 bits per heavy atom. The molecule has 0 amide bonds. The summed E-state index contributed by atoms with van der Waals surface area (Å²) in [7, 11) is -10.3. The maximum Gasteiger partial charge on any atom is 0.333 e. The Bertz CT molecular complexity index is 648. The van der Waals surface area contributed by atoms with Crippen molar-refractivity contribution in [2.24, 2.45) is 0 Å². The number of hydrogen-bond acceptors (Lipinski definition) is 9. The summed E-state index contributed by atoms with van der Waals surface area (Å²) in [5.41, 5.74) is 0.695. The summed E-state index contributed by atoms with van der Waals surface area (Å²) < 4.78 is 40.9. The van der Waals surface area contributed by atoms with Crippen molar-refractivity contribution < 1.29 is 40.3 Å². The molecule has 0 radical (unpaired) electrons. The van der Waals surface area contributed by atoms with Gasteiger partial charge in [-0.05, 0) is 66.2 Å². The van der Waals surface area contributed by atoms with Crippen molar-refractivity contribution in [1.82, 2.24) is 0 Å². The van der Waals surface area contributed by atoms with E-state index in [4.69, 9.17) is 30.7 Å². The second kappa shape index (κ2) is 13.2. The summed E-state index contributed by atoms with van der Waals surface area (Å²) in [4.78, 5) is 22.9. The highest BCUT2D eigenvalue weighted by Gasteiger charge is 2.44. The number of carbonyl (C=O) groups excluding carboxylic acids is 2. The van der Waals surface area contributed by atoms with Crippen molar-refractivity contribution in [2.45, 2.75) is 66.2 Å². The van der Waals surface area contributed by atoms with Crippen LogP contribution in [0.4, 0.5) is 0 Å². The molecule has 0 aliphatic carbocycles. The van der Waals surface area contributed by atoms with Gasteiger partial charge in [0.2, 0.25) is 0 Å². The van der Waals surface area contributed by atoms with Crippen LogP contribution in [0.1, 0.15) is 13.8 Å². The highest BCUT2D eigenvalue weighted by molar-refractivity contribution is 6.87. The molecule has 13 heteroatoms. The van der Waals surface area contributed by atoms with E-state index in [1.165, 1.54) is 0 Å². The number of rotatable bonds is 16. The third-order valence-corrected chi connectivity index (χ3v) is 17.3. The lowest BCUT2D eigenvalue weighted by molar-refractivity contribution is -0.140. The minimum Gasteiger partial charge on any atom is -0.460 e. The molecule has 192 valence electrons. The Kier molecular flexibility index (Phi) is 12.9. The third kappa shape index (κ3) is 15.6. The Hall–Kier alpha value is -0.912. The van der Waals surface area contributed by atoms with Crippen LogP contribution in [-0.2, 0) is 40.3 Å². The normalized spacial score (nSPS) is 12.9. The minimum absolute atomic E-state index is 0.135. The summed E-state index contributed by atoms with van der Waals surface area (Å²) in [5.74, 6) is -0.880. The molecule has 0 bridgehead atoms. The Labute approximate surface area is 203 Å². The van der Waals surface area contributed by atoms with Gasteiger partial charge in [0.25, 0.3) is 0 Å². The first-order valence-corrected chi connectivity index (χ1v) is 22.1. The SMILES string of the molecule is C=C(C)C(=O)OCCO[Si](C)(C)O[Si](C)(C)O[Si](C)(C)O[Si](C)(C)OCCOC(=O)C(=C)C. The average molecular weight is 539 g/mol. The largest absolute Gasteiger partial charge is 0.460 e. The van der Waals surface area contributed by atoms with E-state index in [2.05, 4.69) is 13.2 Å². The van der Waals surface area contributed by atoms with E-state index in [1.54, 1.807) is 13.8 Å². The van der Waals surface area contributed by atoms with Crippen LogP contribution in [0.3, 0.4) is 0 Å². The molecule has 0 saturated heterocycles. The van der Waals surface area contributed by atoms with Gasteiger partial charge in [0.05, 0.1) is 13.2 Å². The molecule has 0 aromatic heterocycles. The molecule has 0 aromatic carbocycles. The van der Waals surface area contributed by atoms with E-state index in [1.807, 2.05) is 52.4 Å². The van der Waals surface area contributed by atoms with Crippen LogP contribution >= 0.6 is 0 Å². The minimum atomic E-state index is -2.60. The summed E-state index contributed by atoms with van der Waals surface area (Å²) >= 11 is 0. The Balaban J connectivity index is 4.66. The van der Waals surface area contributed by atoms with E-state index < -0.39 is 46.2 Å². The summed E-state index contributed by atoms with van der Waals surface area (Å²) in [6.07, 6.45) is 0. The summed E-state index contributed by atoms with van der Waals surface area (Å²) in [5, 5.41) is 0. The number of ether oxygens (including phenoxy) is 2. The zero-order chi connectivity index (χ0) is 26.1. The maximum absolute atomic E-state index is 11.5. The van der Waals surface area contributed by atoms with Gasteiger partial charge in [-0.15, -0.1) is 0 Å². The number of carbonyl (C=O) groups is 2. The van der Waals surface area contributed by atoms with Crippen molar-refractivity contribution in [3.05, 3.63) is 24.3 Å². The van der Waals surface area contributed by atoms with Crippen LogP contribution in [0.15, 0.2) is 24.3 Å². The molecule has 33 heavy (non-hydrogen) atoms. The van der Waals surface area contributed by atoms with Gasteiger partial charge in [0.1, 0.15) is 13.2 Å². The first kappa shape index (κ1) is 32.1. The predicted molar refractivity (Wildman–Crippen MR) is 137 cm³/mol. The Morgan fingerprint density at radius 2 is 0.818 bits per heavy atom. The van der Waals surface area contributed by atoms with Gasteiger partial charge in [-0.2, -0.15) is 0 Å². The van der Waals surface area contributed by atoms with Crippen LogP contribution in [0.5, 0.6) is 0 Å². The van der Waals surface area contributed by atoms with E-state index in [0.29, 0.717) is 11.1 Å². The molecule has 0 N–H and O–H groups in total. The third-order valence-electron chi connectivity index (χ3n) is 3.70. The maximum atomic E-state index is 11.5. The lowest BCUT2D eigenvalue weighted by Crippen LogP contribution is -2.57. The van der Waals surface area contributed by atoms with Gasteiger partial charge in [0.15, 0.2) is 0 Å². The van der Waals surface area contributed by atoms with Crippen molar-refractivity contribution in [3.8, 4) is 0 Å². The molecule has 0 atom stereocenters. The summed E-state index contributed by atoms with van der Waals surface area (Å²) in [6, 6.07) is 0. The molecule has 0 saturated carbocycles. The average Bonchev–Trinajstić information content (AvgIpc) is 2.58. The highest BCUT2D eigenvalue weighted by Crippen LogP contribution is 2.24. The first-order chi connectivity index (χ1) is 14.8. The van der Waals surface area contributed by atoms with Crippen molar-refractivity contribution in [3.63, 3.8) is 0 Å². The molecular weight excluding hydrogens is 497 g/mol. The fourth-order valence-corrected chi connectivity index (χ4v) is 19.9. The van der Waals surface area contributed by atoms with Crippen LogP contribution < -0.4 is 0 Å². The molecule has 0 unspecified atom stereocenters. The lowest BCUT2D eigenvalue weighted by Gasteiger charge is -2.40. The molecule has 9 nitrogen and oxygen atoms in total. The molecule has 0 aliphatic rings. The first-order valence-electron chi connectivity index (χ1n) is 10.8. The molecule has 0 heterocycles. The molecule has 0 spiro atoms. The van der Waals surface area contributed by atoms with Gasteiger partial charge in [-0.25, -0.2) is 9.59 Å². The fraction of sp³-hybridized carbons (Fsp3) is 0.700. The van der Waals surface area contributed by atoms with Crippen LogP contribution in [0, 0.1) is 0 Å². The van der Waals surface area contributed by atoms with Crippen molar-refractivity contribution >= 4 is 46.2 Å². The topological polar surface area (TPSA) is 98.8 Å². The van der Waals surface area contributed by atoms with Crippen molar-refractivity contribution in [2.75, 3.05) is 26.4 Å². The van der Waals surface area contributed by atoms with Crippen LogP contribution in [0.25, 0.3) is 0 Å². The molecular formula is C20H42O9Si4. The quantitative estimate of drug-likeness (QED) is 0.124. The van der Waals surface area contributed by atoms with E-state index in [-0.39, 0.29) is 26.4 Å². The second-order valence-corrected chi connectivity index (χ2v) is 23.7. The van der Waals surface area contributed by atoms with Crippen LogP contribution in [-0.4, -0.2) is 72.6 Å². The van der Waals surface area contributed by atoms with E-state index >= 15 is 0 Å². The zero-order valence-electron chi connectivity index (χ0n) is 21.9. The van der Waals surface area contributed by atoms with Gasteiger partial charge < -0.3 is 30.7 Å². The van der Waals surface area contributed by atoms with Crippen LogP contribution in [0.2, 0.25) is 52.4 Å². The van der Waals surface area contributed by atoms with E-state index in [9.17, 15) is 9.59 Å². The smallest absolute Gasteiger partial charge is 0.333 e. The van der Waals surface area contributed by atoms with E-state index in [0.717, 1.165) is 0 Å². The van der Waals surface area contributed by atoms with Gasteiger partial charge in [-0.3, -0.25) is 0 Å². The Morgan fingerprint density at radius 3 is 1.09 bits per heavy atom. The number of hydrogen-bond donors (Lipinski definition) is 0. The number of esters is 2. The monoisotopic (exact) mass is 538 g/mol. The van der Waals surface area contributed by atoms with Gasteiger partial charge in [0, 0.05) is 11.1 Å². The fourth-order valence-electron chi connectivity index (χ4n) is 2.97. The molecule has 0 fully saturated rings. The van der Waals surface area contributed by atoms with Gasteiger partial charge >= 0.3 is 46.2 Å². The molecule has 0 rings (SSSR count). The van der Waals surface area contributed by atoms with Gasteiger partial charge in [-0.1, -0.05) is 13.2 Å². The predicted octanol–water partition coefficient (Wildman–Crippen LogP) is 4.12. The summed E-state index contributed by atoms with van der Waals surface area (Å²) in [6.45, 7) is 26.6. The molecule has 0 aromatic rings. The zero-order valence-corrected chi connectivity index (χ0v) is 25.9. The van der Waals surface area contributed by atoms with Crippen molar-refractivity contribution in [1.29, 1.82) is 0 Å². The second-order valence-electron chi connectivity index (χ2n) is 9.43. The highest BCUT2D eigenvalue weighted by atomic mass is 28.5.